The van der Waals surface area contributed by atoms with Crippen LogP contribution in [0.15, 0.2) is 24.3 Å². The van der Waals surface area contributed by atoms with E-state index in [4.69, 9.17) is 4.74 Å². The van der Waals surface area contributed by atoms with Gasteiger partial charge in [0.1, 0.15) is 5.75 Å². The Bertz CT molecular complexity index is 347. The number of likely N-dealkylation sites (N-methyl/N-ethyl adjacent to an activating group) is 1. The van der Waals surface area contributed by atoms with Crippen LogP contribution in [0.25, 0.3) is 0 Å². The molecule has 0 unspecified atom stereocenters. The summed E-state index contributed by atoms with van der Waals surface area (Å²) in [4.78, 5) is 2.43. The van der Waals surface area contributed by atoms with Crippen LogP contribution in [0, 0.1) is 0 Å². The van der Waals surface area contributed by atoms with Crippen molar-refractivity contribution in [1.29, 1.82) is 0 Å². The molecule has 0 aliphatic rings. The molecule has 1 aromatic carbocycles. The monoisotopic (exact) mass is 292 g/mol. The Balaban J connectivity index is 2.18. The first-order chi connectivity index (χ1) is 10.3. The molecule has 0 saturated heterocycles. The van der Waals surface area contributed by atoms with Crippen molar-refractivity contribution in [3.05, 3.63) is 29.8 Å². The molecular formula is C18H32N2O. The Morgan fingerprint density at radius 3 is 2.33 bits per heavy atom. The average Bonchev–Trinajstić information content (AvgIpc) is 2.53. The largest absolute Gasteiger partial charge is 0.494 e. The summed E-state index contributed by atoms with van der Waals surface area (Å²) in [6, 6.07) is 8.46. The summed E-state index contributed by atoms with van der Waals surface area (Å²) in [6.07, 6.45) is 3.63. The minimum absolute atomic E-state index is 0.829. The summed E-state index contributed by atoms with van der Waals surface area (Å²) < 4.78 is 5.72. The molecule has 0 bridgehead atoms. The predicted octanol–water partition coefficient (Wildman–Crippen LogP) is 3.69. The van der Waals surface area contributed by atoms with Gasteiger partial charge < -0.3 is 15.0 Å². The van der Waals surface area contributed by atoms with Crippen LogP contribution < -0.4 is 10.1 Å². The van der Waals surface area contributed by atoms with Crippen molar-refractivity contribution in [2.24, 2.45) is 0 Å². The maximum Gasteiger partial charge on any atom is 0.119 e. The molecule has 0 spiro atoms. The molecule has 120 valence electrons. The molecule has 1 aromatic rings. The minimum Gasteiger partial charge on any atom is -0.494 e. The molecule has 0 amide bonds. The smallest absolute Gasteiger partial charge is 0.119 e. The Labute approximate surface area is 130 Å². The summed E-state index contributed by atoms with van der Waals surface area (Å²) in [5.41, 5.74) is 1.32. The van der Waals surface area contributed by atoms with E-state index in [2.05, 4.69) is 55.3 Å². The molecule has 21 heavy (non-hydrogen) atoms. The van der Waals surface area contributed by atoms with Crippen LogP contribution in [0.4, 0.5) is 0 Å². The van der Waals surface area contributed by atoms with Gasteiger partial charge in [0.05, 0.1) is 6.61 Å². The van der Waals surface area contributed by atoms with E-state index in [0.717, 1.165) is 51.5 Å². The fourth-order valence-corrected chi connectivity index (χ4v) is 2.26. The van der Waals surface area contributed by atoms with Gasteiger partial charge in [-0.05, 0) is 37.2 Å². The Morgan fingerprint density at radius 2 is 1.71 bits per heavy atom. The number of nitrogens with one attached hydrogen (secondary N) is 1. The summed E-state index contributed by atoms with van der Waals surface area (Å²) in [5.74, 6) is 0.984. The van der Waals surface area contributed by atoms with E-state index in [9.17, 15) is 0 Å². The van der Waals surface area contributed by atoms with Crippen LogP contribution in [0.2, 0.25) is 0 Å². The maximum absolute atomic E-state index is 5.72. The highest BCUT2D eigenvalue weighted by atomic mass is 16.5. The number of rotatable bonds is 12. The zero-order chi connectivity index (χ0) is 15.3. The van der Waals surface area contributed by atoms with Gasteiger partial charge in [-0.1, -0.05) is 45.7 Å². The molecule has 0 heterocycles. The normalized spacial score (nSPS) is 11.0. The summed E-state index contributed by atoms with van der Waals surface area (Å²) in [6.45, 7) is 12.8. The van der Waals surface area contributed by atoms with E-state index in [0.29, 0.717) is 0 Å². The highest BCUT2D eigenvalue weighted by Gasteiger charge is 1.99. The Kier molecular flexibility index (Phi) is 9.92. The number of ether oxygens (including phenoxy) is 1. The van der Waals surface area contributed by atoms with Crippen molar-refractivity contribution in [3.63, 3.8) is 0 Å². The molecule has 0 saturated carbocycles. The number of unbranched alkanes of at least 4 members (excludes halogenated alkanes) is 2. The molecule has 3 heteroatoms. The van der Waals surface area contributed by atoms with Gasteiger partial charge in [0.25, 0.3) is 0 Å². The van der Waals surface area contributed by atoms with Crippen LogP contribution in [-0.4, -0.2) is 37.7 Å². The minimum atomic E-state index is 0.829. The van der Waals surface area contributed by atoms with Crippen LogP contribution in [0.3, 0.4) is 0 Å². The molecule has 0 fully saturated rings. The third-order valence-corrected chi connectivity index (χ3v) is 3.77. The Morgan fingerprint density at radius 1 is 1.00 bits per heavy atom. The fraction of sp³-hybridized carbons (Fsp3) is 0.667. The molecular weight excluding hydrogens is 260 g/mol. The van der Waals surface area contributed by atoms with Gasteiger partial charge in [0, 0.05) is 19.6 Å². The van der Waals surface area contributed by atoms with Crippen molar-refractivity contribution < 1.29 is 4.74 Å². The van der Waals surface area contributed by atoms with E-state index >= 15 is 0 Å². The van der Waals surface area contributed by atoms with Crippen LogP contribution >= 0.6 is 0 Å². The molecule has 0 atom stereocenters. The topological polar surface area (TPSA) is 24.5 Å². The summed E-state index contributed by atoms with van der Waals surface area (Å²) in [7, 11) is 0. The highest BCUT2D eigenvalue weighted by Crippen LogP contribution is 2.12. The number of hydrogen-bond acceptors (Lipinski definition) is 3. The van der Waals surface area contributed by atoms with Crippen molar-refractivity contribution >= 4 is 0 Å². The lowest BCUT2D eigenvalue weighted by Crippen LogP contribution is -2.31. The standard InChI is InChI=1S/C18H32N2O/c1-4-7-8-15-21-18-11-9-17(10-12-18)16-19-13-14-20(5-2)6-3/h9-12,19H,4-8,13-16H2,1-3H3. The van der Waals surface area contributed by atoms with Gasteiger partial charge in [-0.25, -0.2) is 0 Å². The molecule has 3 nitrogen and oxygen atoms in total. The SMILES string of the molecule is CCCCCOc1ccc(CNCCN(CC)CC)cc1. The second-order valence-electron chi connectivity index (χ2n) is 5.40. The number of hydrogen-bond donors (Lipinski definition) is 1. The van der Waals surface area contributed by atoms with Crippen LogP contribution in [-0.2, 0) is 6.54 Å². The average molecular weight is 292 g/mol. The molecule has 0 aliphatic carbocycles. The first kappa shape index (κ1) is 18.0. The second kappa shape index (κ2) is 11.6. The Hall–Kier alpha value is -1.06. The zero-order valence-electron chi connectivity index (χ0n) is 14.0. The van der Waals surface area contributed by atoms with Crippen molar-refractivity contribution in [1.82, 2.24) is 10.2 Å². The van der Waals surface area contributed by atoms with Gasteiger partial charge >= 0.3 is 0 Å². The van der Waals surface area contributed by atoms with E-state index < -0.39 is 0 Å². The van der Waals surface area contributed by atoms with Crippen molar-refractivity contribution in [2.75, 3.05) is 32.8 Å². The van der Waals surface area contributed by atoms with Crippen LogP contribution in [0.5, 0.6) is 5.75 Å². The predicted molar refractivity (Wildman–Crippen MR) is 91.0 cm³/mol. The third kappa shape index (κ3) is 8.08. The summed E-state index contributed by atoms with van der Waals surface area (Å²) in [5, 5.41) is 3.50. The van der Waals surface area contributed by atoms with Gasteiger partial charge in [-0.3, -0.25) is 0 Å². The first-order valence-electron chi connectivity index (χ1n) is 8.44. The molecule has 0 aromatic heterocycles. The number of benzene rings is 1. The lowest BCUT2D eigenvalue weighted by Gasteiger charge is -2.18. The van der Waals surface area contributed by atoms with Crippen molar-refractivity contribution in [3.8, 4) is 5.75 Å². The van der Waals surface area contributed by atoms with E-state index in [1.54, 1.807) is 0 Å². The fourth-order valence-electron chi connectivity index (χ4n) is 2.26. The third-order valence-electron chi connectivity index (χ3n) is 3.77. The molecule has 1 N–H and O–H groups in total. The lowest BCUT2D eigenvalue weighted by molar-refractivity contribution is 0.302. The van der Waals surface area contributed by atoms with Gasteiger partial charge in [0.2, 0.25) is 0 Å². The number of nitrogens with zero attached hydrogens (tertiary/aromatic N) is 1. The van der Waals surface area contributed by atoms with E-state index in [-0.39, 0.29) is 0 Å². The lowest BCUT2D eigenvalue weighted by atomic mass is 10.2. The molecule has 0 aliphatic heterocycles. The van der Waals surface area contributed by atoms with Gasteiger partial charge in [-0.2, -0.15) is 0 Å². The first-order valence-corrected chi connectivity index (χ1v) is 8.44. The zero-order valence-corrected chi connectivity index (χ0v) is 14.0. The van der Waals surface area contributed by atoms with E-state index in [1.807, 2.05) is 0 Å². The second-order valence-corrected chi connectivity index (χ2v) is 5.40. The van der Waals surface area contributed by atoms with Gasteiger partial charge in [-0.15, -0.1) is 0 Å². The maximum atomic E-state index is 5.72. The van der Waals surface area contributed by atoms with Crippen molar-refractivity contribution in [2.45, 2.75) is 46.6 Å². The molecule has 1 rings (SSSR count). The van der Waals surface area contributed by atoms with E-state index in [1.165, 1.54) is 18.4 Å². The molecule has 0 radical (unpaired) electrons. The quantitative estimate of drug-likeness (QED) is 0.595. The highest BCUT2D eigenvalue weighted by molar-refractivity contribution is 5.27. The van der Waals surface area contributed by atoms with Crippen LogP contribution in [0.1, 0.15) is 45.6 Å². The van der Waals surface area contributed by atoms with Gasteiger partial charge in [0.15, 0.2) is 0 Å². The summed E-state index contributed by atoms with van der Waals surface area (Å²) >= 11 is 0.